The smallest absolute Gasteiger partial charge is 0.244 e. The number of nitrogens with zero attached hydrogens (tertiary/aromatic N) is 1. The van der Waals surface area contributed by atoms with E-state index in [1.54, 1.807) is 10.4 Å². The van der Waals surface area contributed by atoms with E-state index in [-0.39, 0.29) is 0 Å². The third-order valence-corrected chi connectivity index (χ3v) is 6.87. The second kappa shape index (κ2) is 6.13. The van der Waals surface area contributed by atoms with Crippen LogP contribution in [0.2, 0.25) is 0 Å². The summed E-state index contributed by atoms with van der Waals surface area (Å²) >= 11 is 3.44. The Bertz CT molecular complexity index is 601. The van der Waals surface area contributed by atoms with E-state index in [0.717, 1.165) is 17.5 Å². The molecule has 1 aromatic carbocycles. The van der Waals surface area contributed by atoms with Crippen LogP contribution in [0.25, 0.3) is 0 Å². The molecule has 0 aromatic heterocycles. The van der Waals surface area contributed by atoms with E-state index in [2.05, 4.69) is 28.2 Å². The summed E-state index contributed by atoms with van der Waals surface area (Å²) in [5.74, 6) is 0.435. The molecule has 1 aliphatic rings. The first-order valence-electron chi connectivity index (χ1n) is 6.80. The van der Waals surface area contributed by atoms with Crippen LogP contribution in [0.1, 0.15) is 24.5 Å². The van der Waals surface area contributed by atoms with Crippen LogP contribution < -0.4 is 5.32 Å². The second-order valence-corrected chi connectivity index (χ2v) is 8.21. The molecule has 1 aliphatic heterocycles. The number of aryl methyl sites for hydroxylation is 1. The maximum Gasteiger partial charge on any atom is 0.244 e. The van der Waals surface area contributed by atoms with Gasteiger partial charge in [-0.25, -0.2) is 8.42 Å². The summed E-state index contributed by atoms with van der Waals surface area (Å²) in [4.78, 5) is 0.386. The highest BCUT2D eigenvalue weighted by atomic mass is 79.9. The molecule has 0 bridgehead atoms. The van der Waals surface area contributed by atoms with Crippen molar-refractivity contribution in [1.29, 1.82) is 0 Å². The molecule has 1 N–H and O–H groups in total. The fourth-order valence-electron chi connectivity index (χ4n) is 2.56. The lowest BCUT2D eigenvalue weighted by Gasteiger charge is -2.19. The molecule has 1 saturated heterocycles. The van der Waals surface area contributed by atoms with Crippen LogP contribution in [0.3, 0.4) is 0 Å². The van der Waals surface area contributed by atoms with E-state index in [1.807, 2.05) is 20.0 Å². The van der Waals surface area contributed by atoms with Crippen molar-refractivity contribution in [2.75, 3.05) is 20.1 Å². The Balaban J connectivity index is 2.45. The summed E-state index contributed by atoms with van der Waals surface area (Å²) in [5.41, 5.74) is 1.93. The van der Waals surface area contributed by atoms with E-state index in [0.29, 0.717) is 34.9 Å². The SMILES string of the molecule is CNCc1cc(C)c(Br)c(S(=O)(=O)N2CCC(C)C2)c1. The lowest BCUT2D eigenvalue weighted by Crippen LogP contribution is -2.29. The van der Waals surface area contributed by atoms with E-state index in [4.69, 9.17) is 0 Å². The molecule has 112 valence electrons. The highest BCUT2D eigenvalue weighted by Gasteiger charge is 2.32. The molecule has 0 radical (unpaired) electrons. The zero-order chi connectivity index (χ0) is 14.9. The van der Waals surface area contributed by atoms with Gasteiger partial charge < -0.3 is 5.32 Å². The number of nitrogens with one attached hydrogen (secondary N) is 1. The first kappa shape index (κ1) is 15.9. The van der Waals surface area contributed by atoms with Crippen LogP contribution >= 0.6 is 15.9 Å². The number of rotatable bonds is 4. The summed E-state index contributed by atoms with van der Waals surface area (Å²) in [6, 6.07) is 3.78. The maximum absolute atomic E-state index is 12.8. The number of hydrogen-bond acceptors (Lipinski definition) is 3. The van der Waals surface area contributed by atoms with Crippen molar-refractivity contribution in [3.8, 4) is 0 Å². The quantitative estimate of drug-likeness (QED) is 0.897. The number of sulfonamides is 1. The Labute approximate surface area is 129 Å². The first-order valence-corrected chi connectivity index (χ1v) is 9.03. The number of hydrogen-bond donors (Lipinski definition) is 1. The van der Waals surface area contributed by atoms with Gasteiger partial charge in [-0.05, 0) is 59.4 Å². The molecule has 0 amide bonds. The average molecular weight is 361 g/mol. The third kappa shape index (κ3) is 3.08. The van der Waals surface area contributed by atoms with Crippen molar-refractivity contribution < 1.29 is 8.42 Å². The van der Waals surface area contributed by atoms with Crippen molar-refractivity contribution >= 4 is 26.0 Å². The monoisotopic (exact) mass is 360 g/mol. The van der Waals surface area contributed by atoms with Gasteiger partial charge in [0.15, 0.2) is 0 Å². The van der Waals surface area contributed by atoms with Crippen LogP contribution in [-0.2, 0) is 16.6 Å². The second-order valence-electron chi connectivity index (χ2n) is 5.51. The maximum atomic E-state index is 12.8. The summed E-state index contributed by atoms with van der Waals surface area (Å²) in [6.45, 7) is 5.91. The lowest BCUT2D eigenvalue weighted by atomic mass is 10.1. The highest BCUT2D eigenvalue weighted by Crippen LogP contribution is 2.32. The Morgan fingerprint density at radius 1 is 1.45 bits per heavy atom. The normalized spacial score (nSPS) is 20.5. The summed E-state index contributed by atoms with van der Waals surface area (Å²) in [5, 5.41) is 3.06. The molecule has 1 heterocycles. The standard InChI is InChI=1S/C14H21BrN2O2S/c1-10-4-5-17(9-10)20(18,19)13-7-12(8-16-3)6-11(2)14(13)15/h6-7,10,16H,4-5,8-9H2,1-3H3. The van der Waals surface area contributed by atoms with Crippen molar-refractivity contribution in [2.45, 2.75) is 31.7 Å². The molecule has 0 saturated carbocycles. The van der Waals surface area contributed by atoms with Gasteiger partial charge in [-0.15, -0.1) is 0 Å². The van der Waals surface area contributed by atoms with Crippen molar-refractivity contribution in [3.05, 3.63) is 27.7 Å². The molecule has 0 aliphatic carbocycles. The van der Waals surface area contributed by atoms with E-state index < -0.39 is 10.0 Å². The Morgan fingerprint density at radius 3 is 2.70 bits per heavy atom. The minimum absolute atomic E-state index is 0.386. The minimum Gasteiger partial charge on any atom is -0.316 e. The first-order chi connectivity index (χ1) is 9.36. The Morgan fingerprint density at radius 2 is 2.15 bits per heavy atom. The predicted molar refractivity (Wildman–Crippen MR) is 84.2 cm³/mol. The van der Waals surface area contributed by atoms with Crippen LogP contribution in [0, 0.1) is 12.8 Å². The van der Waals surface area contributed by atoms with Gasteiger partial charge in [-0.2, -0.15) is 4.31 Å². The van der Waals surface area contributed by atoms with Gasteiger partial charge in [0.05, 0.1) is 4.90 Å². The van der Waals surface area contributed by atoms with E-state index >= 15 is 0 Å². The molecule has 4 nitrogen and oxygen atoms in total. The molecule has 20 heavy (non-hydrogen) atoms. The molecule has 1 unspecified atom stereocenters. The zero-order valence-electron chi connectivity index (χ0n) is 12.1. The third-order valence-electron chi connectivity index (χ3n) is 3.67. The highest BCUT2D eigenvalue weighted by molar-refractivity contribution is 9.10. The summed E-state index contributed by atoms with van der Waals surface area (Å²) in [7, 11) is -1.55. The van der Waals surface area contributed by atoms with Crippen LogP contribution in [0.15, 0.2) is 21.5 Å². The molecule has 0 spiro atoms. The van der Waals surface area contributed by atoms with Gasteiger partial charge in [-0.1, -0.05) is 13.0 Å². The molecule has 2 rings (SSSR count). The molecule has 1 atom stereocenters. The molecule has 1 aromatic rings. The van der Waals surface area contributed by atoms with Gasteiger partial charge >= 0.3 is 0 Å². The van der Waals surface area contributed by atoms with Gasteiger partial charge in [0.25, 0.3) is 0 Å². The minimum atomic E-state index is -3.41. The fraction of sp³-hybridized carbons (Fsp3) is 0.571. The largest absolute Gasteiger partial charge is 0.316 e. The summed E-state index contributed by atoms with van der Waals surface area (Å²) < 4.78 is 27.8. The Hall–Kier alpha value is -0.430. The fourth-order valence-corrected chi connectivity index (χ4v) is 5.16. The van der Waals surface area contributed by atoms with Crippen LogP contribution in [-0.4, -0.2) is 32.9 Å². The van der Waals surface area contributed by atoms with Crippen molar-refractivity contribution in [2.24, 2.45) is 5.92 Å². The molecule has 1 fully saturated rings. The van der Waals surface area contributed by atoms with Gasteiger partial charge in [0.2, 0.25) is 10.0 Å². The van der Waals surface area contributed by atoms with E-state index in [9.17, 15) is 8.42 Å². The Kier molecular flexibility index (Phi) is 4.89. The lowest BCUT2D eigenvalue weighted by molar-refractivity contribution is 0.464. The average Bonchev–Trinajstić information content (AvgIpc) is 2.81. The van der Waals surface area contributed by atoms with Crippen LogP contribution in [0.4, 0.5) is 0 Å². The predicted octanol–water partition coefficient (Wildman–Crippen LogP) is 2.51. The summed E-state index contributed by atoms with van der Waals surface area (Å²) in [6.07, 6.45) is 0.937. The van der Waals surface area contributed by atoms with Crippen LogP contribution in [0.5, 0.6) is 0 Å². The molecular formula is C14H21BrN2O2S. The van der Waals surface area contributed by atoms with Crippen molar-refractivity contribution in [3.63, 3.8) is 0 Å². The van der Waals surface area contributed by atoms with Gasteiger partial charge in [0.1, 0.15) is 0 Å². The molecular weight excluding hydrogens is 340 g/mol. The van der Waals surface area contributed by atoms with Gasteiger partial charge in [-0.3, -0.25) is 0 Å². The van der Waals surface area contributed by atoms with Crippen molar-refractivity contribution in [1.82, 2.24) is 9.62 Å². The topological polar surface area (TPSA) is 49.4 Å². The number of benzene rings is 1. The molecule has 6 heteroatoms. The van der Waals surface area contributed by atoms with Gasteiger partial charge in [0, 0.05) is 24.1 Å². The number of halogens is 1. The van der Waals surface area contributed by atoms with E-state index in [1.165, 1.54) is 0 Å². The zero-order valence-corrected chi connectivity index (χ0v) is 14.5.